The molecule has 0 spiro atoms. The minimum absolute atomic E-state index is 0.0940. The van der Waals surface area contributed by atoms with Crippen LogP contribution in [0.4, 0.5) is 5.69 Å². The molecule has 0 radical (unpaired) electrons. The highest BCUT2D eigenvalue weighted by Gasteiger charge is 2.67. The molecule has 2 unspecified atom stereocenters. The Kier molecular flexibility index (Phi) is 2.38. The zero-order chi connectivity index (χ0) is 12.9. The number of imide groups is 1. The number of aliphatic hydroxyl groups excluding tert-OH is 1. The molecule has 3 rings (SSSR count). The number of rotatable bonds is 3. The van der Waals surface area contributed by atoms with E-state index >= 15 is 0 Å². The number of hydrogen-bond acceptors (Lipinski definition) is 4. The lowest BCUT2D eigenvalue weighted by Crippen LogP contribution is -2.35. The molecule has 2 atom stereocenters. The van der Waals surface area contributed by atoms with Crippen molar-refractivity contribution in [2.75, 3.05) is 18.6 Å². The maximum Gasteiger partial charge on any atom is 0.238 e. The molecule has 1 saturated carbocycles. The molecule has 1 N–H and O–H groups in total. The average molecular weight is 247 g/mol. The van der Waals surface area contributed by atoms with Crippen LogP contribution >= 0.6 is 0 Å². The van der Waals surface area contributed by atoms with Gasteiger partial charge in [-0.1, -0.05) is 0 Å². The number of carbonyl (C=O) groups is 2. The van der Waals surface area contributed by atoms with E-state index in [0.717, 1.165) is 0 Å². The van der Waals surface area contributed by atoms with Gasteiger partial charge in [0.2, 0.25) is 11.8 Å². The van der Waals surface area contributed by atoms with Gasteiger partial charge >= 0.3 is 0 Å². The van der Waals surface area contributed by atoms with Crippen molar-refractivity contribution in [1.29, 1.82) is 0 Å². The lowest BCUT2D eigenvalue weighted by Gasteiger charge is -2.18. The van der Waals surface area contributed by atoms with Crippen molar-refractivity contribution in [3.05, 3.63) is 24.3 Å². The summed E-state index contributed by atoms with van der Waals surface area (Å²) in [6, 6.07) is 6.80. The molecule has 1 aliphatic carbocycles. The van der Waals surface area contributed by atoms with Crippen LogP contribution in [0.5, 0.6) is 5.75 Å². The lowest BCUT2D eigenvalue weighted by molar-refractivity contribution is -0.124. The largest absolute Gasteiger partial charge is 0.497 e. The third-order valence-corrected chi connectivity index (χ3v) is 3.72. The number of benzene rings is 1. The maximum absolute atomic E-state index is 12.0. The molecule has 2 aliphatic rings. The number of nitrogens with zero attached hydrogens (tertiary/aromatic N) is 1. The standard InChI is InChI=1S/C13H13NO4/c1-18-8-4-2-7(3-5-8)14-12(16)10-9(6-15)11(10)13(14)17/h2-5,9-11,15H,6H2,1H3. The third kappa shape index (κ3) is 1.37. The Morgan fingerprint density at radius 2 is 1.72 bits per heavy atom. The first-order chi connectivity index (χ1) is 8.69. The Hall–Kier alpha value is -1.88. The molecule has 1 saturated heterocycles. The van der Waals surface area contributed by atoms with Crippen molar-refractivity contribution in [3.63, 3.8) is 0 Å². The third-order valence-electron chi connectivity index (χ3n) is 3.72. The van der Waals surface area contributed by atoms with Crippen LogP contribution in [-0.4, -0.2) is 30.6 Å². The first kappa shape index (κ1) is 11.2. The molecule has 1 aromatic carbocycles. The number of methoxy groups -OCH3 is 1. The Morgan fingerprint density at radius 3 is 2.17 bits per heavy atom. The fraction of sp³-hybridized carbons (Fsp3) is 0.385. The molecule has 1 aliphatic heterocycles. The van der Waals surface area contributed by atoms with Gasteiger partial charge in [-0.05, 0) is 24.3 Å². The van der Waals surface area contributed by atoms with Gasteiger partial charge in [0.1, 0.15) is 5.75 Å². The summed E-state index contributed by atoms with van der Waals surface area (Å²) in [5.41, 5.74) is 0.565. The second-order valence-corrected chi connectivity index (χ2v) is 4.61. The van der Waals surface area contributed by atoms with Gasteiger partial charge in [0.25, 0.3) is 0 Å². The van der Waals surface area contributed by atoms with E-state index in [1.807, 2.05) is 0 Å². The average Bonchev–Trinajstić information content (AvgIpc) is 3.07. The summed E-state index contributed by atoms with van der Waals surface area (Å²) in [6.07, 6.45) is 0. The van der Waals surface area contributed by atoms with Crippen LogP contribution in [0.3, 0.4) is 0 Å². The number of ether oxygens (including phenoxy) is 1. The molecule has 1 aromatic rings. The molecule has 0 bridgehead atoms. The van der Waals surface area contributed by atoms with Crippen molar-refractivity contribution < 1.29 is 19.4 Å². The Bertz CT molecular complexity index is 488. The number of fused-ring (bicyclic) bond motifs is 1. The number of anilines is 1. The second-order valence-electron chi connectivity index (χ2n) is 4.61. The molecule has 94 valence electrons. The van der Waals surface area contributed by atoms with Gasteiger partial charge in [0.15, 0.2) is 0 Å². The van der Waals surface area contributed by atoms with Crippen molar-refractivity contribution in [2.24, 2.45) is 17.8 Å². The lowest BCUT2D eigenvalue weighted by atomic mass is 10.2. The number of hydrogen-bond donors (Lipinski definition) is 1. The number of amides is 2. The van der Waals surface area contributed by atoms with Gasteiger partial charge in [-0.2, -0.15) is 0 Å². The molecule has 18 heavy (non-hydrogen) atoms. The monoisotopic (exact) mass is 247 g/mol. The first-order valence-corrected chi connectivity index (χ1v) is 5.81. The second kappa shape index (κ2) is 3.81. The van der Waals surface area contributed by atoms with Crippen LogP contribution in [-0.2, 0) is 9.59 Å². The van der Waals surface area contributed by atoms with Crippen LogP contribution in [0.25, 0.3) is 0 Å². The highest BCUT2D eigenvalue weighted by atomic mass is 16.5. The molecule has 1 heterocycles. The quantitative estimate of drug-likeness (QED) is 0.786. The fourth-order valence-electron chi connectivity index (χ4n) is 2.67. The maximum atomic E-state index is 12.0. The predicted octanol–water partition coefficient (Wildman–Crippen LogP) is 0.423. The van der Waals surface area contributed by atoms with Gasteiger partial charge in [0, 0.05) is 12.5 Å². The zero-order valence-corrected chi connectivity index (χ0v) is 9.87. The number of carbonyl (C=O) groups excluding carboxylic acids is 2. The van der Waals surface area contributed by atoms with E-state index in [1.165, 1.54) is 4.90 Å². The summed E-state index contributed by atoms with van der Waals surface area (Å²) >= 11 is 0. The molecule has 5 nitrogen and oxygen atoms in total. The summed E-state index contributed by atoms with van der Waals surface area (Å²) in [4.78, 5) is 25.3. The van der Waals surface area contributed by atoms with Crippen molar-refractivity contribution in [2.45, 2.75) is 0 Å². The molecule has 5 heteroatoms. The fourth-order valence-corrected chi connectivity index (χ4v) is 2.67. The van der Waals surface area contributed by atoms with Crippen LogP contribution < -0.4 is 9.64 Å². The molecular formula is C13H13NO4. The number of aliphatic hydroxyl groups is 1. The summed E-state index contributed by atoms with van der Waals surface area (Å²) in [7, 11) is 1.56. The topological polar surface area (TPSA) is 66.8 Å². The predicted molar refractivity (Wildman–Crippen MR) is 63.0 cm³/mol. The van der Waals surface area contributed by atoms with E-state index in [1.54, 1.807) is 31.4 Å². The highest BCUT2D eigenvalue weighted by Crippen LogP contribution is 2.53. The van der Waals surface area contributed by atoms with E-state index < -0.39 is 0 Å². The molecular weight excluding hydrogens is 234 g/mol. The van der Waals surface area contributed by atoms with E-state index in [4.69, 9.17) is 9.84 Å². The van der Waals surface area contributed by atoms with Gasteiger partial charge in [-0.15, -0.1) is 0 Å². The Balaban J connectivity index is 1.86. The van der Waals surface area contributed by atoms with Crippen molar-refractivity contribution in [3.8, 4) is 5.75 Å². The summed E-state index contributed by atoms with van der Waals surface area (Å²) in [5, 5.41) is 9.03. The van der Waals surface area contributed by atoms with Crippen LogP contribution in [0.15, 0.2) is 24.3 Å². The van der Waals surface area contributed by atoms with Crippen LogP contribution in [0, 0.1) is 17.8 Å². The minimum atomic E-state index is -0.315. The van der Waals surface area contributed by atoms with Gasteiger partial charge in [-0.25, -0.2) is 0 Å². The van der Waals surface area contributed by atoms with Crippen LogP contribution in [0.1, 0.15) is 0 Å². The first-order valence-electron chi connectivity index (χ1n) is 5.81. The SMILES string of the molecule is COc1ccc(N2C(=O)C3C(CO)C3C2=O)cc1. The normalized spacial score (nSPS) is 29.4. The van der Waals surface area contributed by atoms with Gasteiger partial charge < -0.3 is 9.84 Å². The Labute approximate surface area is 104 Å². The minimum Gasteiger partial charge on any atom is -0.497 e. The smallest absolute Gasteiger partial charge is 0.238 e. The van der Waals surface area contributed by atoms with E-state index in [-0.39, 0.29) is 36.2 Å². The zero-order valence-electron chi connectivity index (χ0n) is 9.87. The van der Waals surface area contributed by atoms with Crippen molar-refractivity contribution in [1.82, 2.24) is 0 Å². The van der Waals surface area contributed by atoms with E-state index in [2.05, 4.69) is 0 Å². The molecule has 2 amide bonds. The Morgan fingerprint density at radius 1 is 1.17 bits per heavy atom. The van der Waals surface area contributed by atoms with E-state index in [0.29, 0.717) is 11.4 Å². The summed E-state index contributed by atoms with van der Waals surface area (Å²) < 4.78 is 5.03. The van der Waals surface area contributed by atoms with Crippen molar-refractivity contribution >= 4 is 17.5 Å². The molecule has 2 fully saturated rings. The highest BCUT2D eigenvalue weighted by molar-refractivity contribution is 6.25. The van der Waals surface area contributed by atoms with Gasteiger partial charge in [0.05, 0.1) is 24.6 Å². The van der Waals surface area contributed by atoms with E-state index in [9.17, 15) is 9.59 Å². The number of piperidine rings is 1. The summed E-state index contributed by atoms with van der Waals surface area (Å²) in [6.45, 7) is -0.0940. The summed E-state index contributed by atoms with van der Waals surface area (Å²) in [5.74, 6) is -0.520. The van der Waals surface area contributed by atoms with Gasteiger partial charge in [-0.3, -0.25) is 14.5 Å². The van der Waals surface area contributed by atoms with Crippen LogP contribution in [0.2, 0.25) is 0 Å². The molecule has 0 aromatic heterocycles.